The number of anilines is 1. The van der Waals surface area contributed by atoms with Crippen LogP contribution in [-0.4, -0.2) is 38.0 Å². The minimum Gasteiger partial charge on any atom is -0.493 e. The van der Waals surface area contributed by atoms with Crippen molar-refractivity contribution >= 4 is 44.6 Å². The SMILES string of the molecule is CCOc1c(Br)cc(/C=N\Nc2nc(C)c(C(=O)OC)s2)cc1OC. The largest absolute Gasteiger partial charge is 0.493 e. The molecule has 1 aromatic heterocycles. The Labute approximate surface area is 158 Å². The molecule has 2 aromatic rings. The molecule has 0 saturated carbocycles. The van der Waals surface area contributed by atoms with Gasteiger partial charge >= 0.3 is 5.97 Å². The van der Waals surface area contributed by atoms with Crippen LogP contribution in [0.1, 0.15) is 27.9 Å². The molecule has 0 unspecified atom stereocenters. The molecule has 0 amide bonds. The number of methoxy groups -OCH3 is 2. The van der Waals surface area contributed by atoms with Crippen LogP contribution >= 0.6 is 27.3 Å². The molecule has 2 rings (SSSR count). The molecule has 7 nitrogen and oxygen atoms in total. The van der Waals surface area contributed by atoms with Gasteiger partial charge in [-0.3, -0.25) is 5.43 Å². The van der Waals surface area contributed by atoms with Gasteiger partial charge in [-0.15, -0.1) is 0 Å². The van der Waals surface area contributed by atoms with Gasteiger partial charge in [0.2, 0.25) is 5.13 Å². The third-order valence-corrected chi connectivity index (χ3v) is 4.71. The Hall–Kier alpha value is -2.13. The number of esters is 1. The van der Waals surface area contributed by atoms with Crippen LogP contribution in [0.15, 0.2) is 21.7 Å². The standard InChI is InChI=1S/C16H18BrN3O4S/c1-5-24-13-11(17)6-10(7-12(13)22-3)8-18-20-16-19-9(2)14(25-16)15(21)23-4/h6-8H,5H2,1-4H3,(H,19,20)/b18-8-. The molecular formula is C16H18BrN3O4S. The van der Waals surface area contributed by atoms with E-state index in [1.165, 1.54) is 18.4 Å². The number of nitrogens with one attached hydrogen (secondary N) is 1. The normalized spacial score (nSPS) is 10.8. The zero-order chi connectivity index (χ0) is 18.4. The Balaban J connectivity index is 2.15. The summed E-state index contributed by atoms with van der Waals surface area (Å²) in [6.07, 6.45) is 1.62. The second kappa shape index (κ2) is 8.82. The quantitative estimate of drug-likeness (QED) is 0.410. The van der Waals surface area contributed by atoms with E-state index in [9.17, 15) is 4.79 Å². The molecule has 0 fully saturated rings. The Morgan fingerprint density at radius 1 is 1.44 bits per heavy atom. The van der Waals surface area contributed by atoms with Crippen LogP contribution in [0.4, 0.5) is 5.13 Å². The summed E-state index contributed by atoms with van der Waals surface area (Å²) in [5.41, 5.74) is 4.22. The number of benzene rings is 1. The number of hydrogen-bond donors (Lipinski definition) is 1. The summed E-state index contributed by atoms with van der Waals surface area (Å²) in [5, 5.41) is 4.65. The smallest absolute Gasteiger partial charge is 0.350 e. The fourth-order valence-electron chi connectivity index (χ4n) is 1.99. The lowest BCUT2D eigenvalue weighted by Gasteiger charge is -2.11. The fourth-order valence-corrected chi connectivity index (χ4v) is 3.40. The predicted octanol–water partition coefficient (Wildman–Crippen LogP) is 3.85. The summed E-state index contributed by atoms with van der Waals surface area (Å²) in [7, 11) is 2.92. The lowest BCUT2D eigenvalue weighted by atomic mass is 10.2. The van der Waals surface area contributed by atoms with Gasteiger partial charge in [0.15, 0.2) is 11.5 Å². The monoisotopic (exact) mass is 427 g/mol. The van der Waals surface area contributed by atoms with Gasteiger partial charge in [-0.2, -0.15) is 5.10 Å². The number of ether oxygens (including phenoxy) is 3. The highest BCUT2D eigenvalue weighted by Gasteiger charge is 2.15. The molecule has 1 heterocycles. The van der Waals surface area contributed by atoms with Crippen molar-refractivity contribution in [3.8, 4) is 11.5 Å². The first kappa shape index (κ1) is 19.2. The predicted molar refractivity (Wildman–Crippen MR) is 101 cm³/mol. The van der Waals surface area contributed by atoms with E-state index in [2.05, 4.69) is 31.4 Å². The van der Waals surface area contributed by atoms with Crippen molar-refractivity contribution in [3.63, 3.8) is 0 Å². The third kappa shape index (κ3) is 4.70. The van der Waals surface area contributed by atoms with Crippen LogP contribution < -0.4 is 14.9 Å². The van der Waals surface area contributed by atoms with Gasteiger partial charge in [0, 0.05) is 0 Å². The molecule has 9 heteroatoms. The maximum absolute atomic E-state index is 11.6. The molecule has 1 N–H and O–H groups in total. The van der Waals surface area contributed by atoms with Crippen LogP contribution in [0, 0.1) is 6.92 Å². The minimum atomic E-state index is -0.410. The highest BCUT2D eigenvalue weighted by atomic mass is 79.9. The molecule has 134 valence electrons. The van der Waals surface area contributed by atoms with E-state index in [1.807, 2.05) is 19.1 Å². The van der Waals surface area contributed by atoms with Crippen LogP contribution in [-0.2, 0) is 4.74 Å². The molecule has 0 spiro atoms. The summed E-state index contributed by atoms with van der Waals surface area (Å²) in [6.45, 7) is 4.19. The zero-order valence-electron chi connectivity index (χ0n) is 14.3. The Morgan fingerprint density at radius 3 is 2.84 bits per heavy atom. The number of aryl methyl sites for hydroxylation is 1. The minimum absolute atomic E-state index is 0.410. The molecule has 0 radical (unpaired) electrons. The maximum atomic E-state index is 11.6. The van der Waals surface area contributed by atoms with Crippen LogP contribution in [0.3, 0.4) is 0 Å². The number of nitrogens with zero attached hydrogens (tertiary/aromatic N) is 2. The van der Waals surface area contributed by atoms with Crippen molar-refractivity contribution in [2.75, 3.05) is 26.3 Å². The van der Waals surface area contributed by atoms with Crippen molar-refractivity contribution in [1.29, 1.82) is 0 Å². The number of hydrazone groups is 1. The van der Waals surface area contributed by atoms with E-state index >= 15 is 0 Å². The average Bonchev–Trinajstić information content (AvgIpc) is 2.97. The molecule has 0 aliphatic heterocycles. The van der Waals surface area contributed by atoms with Crippen molar-refractivity contribution < 1.29 is 19.0 Å². The molecule has 0 saturated heterocycles. The zero-order valence-corrected chi connectivity index (χ0v) is 16.7. The lowest BCUT2D eigenvalue weighted by Crippen LogP contribution is -1.99. The molecule has 25 heavy (non-hydrogen) atoms. The number of hydrogen-bond acceptors (Lipinski definition) is 8. The molecule has 0 aliphatic carbocycles. The number of rotatable bonds is 7. The molecule has 0 atom stereocenters. The number of halogens is 1. The van der Waals surface area contributed by atoms with E-state index in [0.717, 1.165) is 10.0 Å². The summed E-state index contributed by atoms with van der Waals surface area (Å²) in [6, 6.07) is 3.68. The fraction of sp³-hybridized carbons (Fsp3) is 0.312. The van der Waals surface area contributed by atoms with Gasteiger partial charge in [0.1, 0.15) is 4.88 Å². The van der Waals surface area contributed by atoms with Crippen molar-refractivity contribution in [2.45, 2.75) is 13.8 Å². The summed E-state index contributed by atoms with van der Waals surface area (Å²) in [4.78, 5) is 16.3. The van der Waals surface area contributed by atoms with Crippen LogP contribution in [0.5, 0.6) is 11.5 Å². The van der Waals surface area contributed by atoms with E-state index in [0.29, 0.717) is 33.8 Å². The molecule has 0 aliphatic rings. The second-order valence-electron chi connectivity index (χ2n) is 4.76. The van der Waals surface area contributed by atoms with Gasteiger partial charge in [-0.25, -0.2) is 9.78 Å². The highest BCUT2D eigenvalue weighted by molar-refractivity contribution is 9.10. The van der Waals surface area contributed by atoms with E-state index < -0.39 is 5.97 Å². The summed E-state index contributed by atoms with van der Waals surface area (Å²) < 4.78 is 16.4. The number of carbonyl (C=O) groups excluding carboxylic acids is 1. The average molecular weight is 428 g/mol. The Bertz CT molecular complexity index is 792. The number of aromatic nitrogens is 1. The number of carbonyl (C=O) groups is 1. The van der Waals surface area contributed by atoms with Crippen molar-refractivity contribution in [1.82, 2.24) is 4.98 Å². The van der Waals surface area contributed by atoms with E-state index in [1.54, 1.807) is 20.2 Å². The molecule has 0 bridgehead atoms. The molecule has 1 aromatic carbocycles. The van der Waals surface area contributed by atoms with Gasteiger partial charge in [-0.1, -0.05) is 11.3 Å². The van der Waals surface area contributed by atoms with Gasteiger partial charge in [0.25, 0.3) is 0 Å². The van der Waals surface area contributed by atoms with Crippen molar-refractivity contribution in [2.24, 2.45) is 5.10 Å². The van der Waals surface area contributed by atoms with E-state index in [4.69, 9.17) is 14.2 Å². The first-order valence-electron chi connectivity index (χ1n) is 7.35. The van der Waals surface area contributed by atoms with E-state index in [-0.39, 0.29) is 0 Å². The highest BCUT2D eigenvalue weighted by Crippen LogP contribution is 2.36. The van der Waals surface area contributed by atoms with Crippen LogP contribution in [0.25, 0.3) is 0 Å². The Morgan fingerprint density at radius 2 is 2.20 bits per heavy atom. The topological polar surface area (TPSA) is 82.0 Å². The van der Waals surface area contributed by atoms with Gasteiger partial charge in [-0.05, 0) is 47.5 Å². The molecular weight excluding hydrogens is 410 g/mol. The van der Waals surface area contributed by atoms with Crippen LogP contribution in [0.2, 0.25) is 0 Å². The maximum Gasteiger partial charge on any atom is 0.350 e. The summed E-state index contributed by atoms with van der Waals surface area (Å²) >= 11 is 4.65. The van der Waals surface area contributed by atoms with Gasteiger partial charge in [0.05, 0.1) is 37.2 Å². The second-order valence-corrected chi connectivity index (χ2v) is 6.62. The first-order valence-corrected chi connectivity index (χ1v) is 8.96. The third-order valence-electron chi connectivity index (χ3n) is 3.08. The first-order chi connectivity index (χ1) is 12.0. The number of thiazole rings is 1. The van der Waals surface area contributed by atoms with Crippen molar-refractivity contribution in [3.05, 3.63) is 32.7 Å². The summed E-state index contributed by atoms with van der Waals surface area (Å²) in [5.74, 6) is 0.844. The van der Waals surface area contributed by atoms with Gasteiger partial charge < -0.3 is 14.2 Å². The lowest BCUT2D eigenvalue weighted by molar-refractivity contribution is 0.0605. The Kier molecular flexibility index (Phi) is 6.77.